The number of hydrogen-bond acceptors (Lipinski definition) is 5. The summed E-state index contributed by atoms with van der Waals surface area (Å²) in [6.45, 7) is 0.208. The van der Waals surface area contributed by atoms with Crippen molar-refractivity contribution in [2.75, 3.05) is 12.4 Å². The molecule has 1 aromatic heterocycles. The average molecular weight is 274 g/mol. The maximum absolute atomic E-state index is 13.6. The van der Waals surface area contributed by atoms with Crippen LogP contribution in [0.4, 0.5) is 10.1 Å². The lowest BCUT2D eigenvalue weighted by Crippen LogP contribution is -2.01. The van der Waals surface area contributed by atoms with E-state index in [0.29, 0.717) is 5.76 Å². The highest BCUT2D eigenvalue weighted by molar-refractivity contribution is 5.86. The topological polar surface area (TPSA) is 75.3 Å². The van der Waals surface area contributed by atoms with Gasteiger partial charge in [0.25, 0.3) is 0 Å². The molecule has 2 rings (SSSR count). The zero-order valence-corrected chi connectivity index (χ0v) is 10.6. The van der Waals surface area contributed by atoms with Gasteiger partial charge in [0.05, 0.1) is 31.0 Å². The fourth-order valence-corrected chi connectivity index (χ4v) is 1.59. The van der Waals surface area contributed by atoms with Gasteiger partial charge in [0.2, 0.25) is 5.76 Å². The third-order valence-corrected chi connectivity index (χ3v) is 2.60. The number of rotatable bonds is 4. The summed E-state index contributed by atoms with van der Waals surface area (Å²) in [6, 6.07) is 9.06. The van der Waals surface area contributed by atoms with Crippen molar-refractivity contribution in [3.8, 4) is 6.07 Å². The van der Waals surface area contributed by atoms with E-state index >= 15 is 0 Å². The Morgan fingerprint density at radius 1 is 1.45 bits per heavy atom. The van der Waals surface area contributed by atoms with Crippen LogP contribution in [0, 0.1) is 17.1 Å². The number of anilines is 1. The monoisotopic (exact) mass is 274 g/mol. The van der Waals surface area contributed by atoms with E-state index < -0.39 is 11.8 Å². The van der Waals surface area contributed by atoms with E-state index in [1.807, 2.05) is 6.07 Å². The third kappa shape index (κ3) is 2.95. The SMILES string of the molecule is COC(=O)c1ccc(CNc2ccc(C#N)cc2F)o1. The Morgan fingerprint density at radius 3 is 2.90 bits per heavy atom. The minimum atomic E-state index is -0.569. The van der Waals surface area contributed by atoms with Crippen LogP contribution in [0.15, 0.2) is 34.7 Å². The number of halogens is 1. The molecule has 0 saturated heterocycles. The molecule has 5 nitrogen and oxygen atoms in total. The van der Waals surface area contributed by atoms with Crippen molar-refractivity contribution >= 4 is 11.7 Å². The molecule has 0 bridgehead atoms. The summed E-state index contributed by atoms with van der Waals surface area (Å²) < 4.78 is 23.4. The summed E-state index contributed by atoms with van der Waals surface area (Å²) in [7, 11) is 1.26. The number of nitrogens with zero attached hydrogens (tertiary/aromatic N) is 1. The largest absolute Gasteiger partial charge is 0.463 e. The lowest BCUT2D eigenvalue weighted by Gasteiger charge is -2.05. The first-order valence-electron chi connectivity index (χ1n) is 5.74. The smallest absolute Gasteiger partial charge is 0.373 e. The Balaban J connectivity index is 2.04. The van der Waals surface area contributed by atoms with Crippen LogP contribution in [0.3, 0.4) is 0 Å². The van der Waals surface area contributed by atoms with Crippen LogP contribution in [0.5, 0.6) is 0 Å². The van der Waals surface area contributed by atoms with Gasteiger partial charge in [0.1, 0.15) is 11.6 Å². The Kier molecular flexibility index (Phi) is 4.01. The zero-order valence-electron chi connectivity index (χ0n) is 10.6. The molecule has 102 valence electrons. The molecule has 0 saturated carbocycles. The zero-order chi connectivity index (χ0) is 14.5. The molecular formula is C14H11FN2O3. The molecule has 0 unspecified atom stereocenters. The van der Waals surface area contributed by atoms with E-state index in [1.54, 1.807) is 6.07 Å². The molecule has 0 radical (unpaired) electrons. The van der Waals surface area contributed by atoms with Crippen LogP contribution in [0.2, 0.25) is 0 Å². The number of nitrogens with one attached hydrogen (secondary N) is 1. The van der Waals surface area contributed by atoms with Gasteiger partial charge >= 0.3 is 5.97 Å². The molecule has 1 N–H and O–H groups in total. The number of nitriles is 1. The third-order valence-electron chi connectivity index (χ3n) is 2.60. The number of esters is 1. The van der Waals surface area contributed by atoms with Crippen molar-refractivity contribution in [2.45, 2.75) is 6.54 Å². The first-order chi connectivity index (χ1) is 9.63. The van der Waals surface area contributed by atoms with Crippen LogP contribution < -0.4 is 5.32 Å². The fourth-order valence-electron chi connectivity index (χ4n) is 1.59. The lowest BCUT2D eigenvalue weighted by atomic mass is 10.2. The van der Waals surface area contributed by atoms with Gasteiger partial charge in [-0.2, -0.15) is 5.26 Å². The van der Waals surface area contributed by atoms with Crippen LogP contribution in [-0.2, 0) is 11.3 Å². The summed E-state index contributed by atoms with van der Waals surface area (Å²) in [4.78, 5) is 11.2. The number of benzene rings is 1. The van der Waals surface area contributed by atoms with Crippen LogP contribution >= 0.6 is 0 Å². The van der Waals surface area contributed by atoms with E-state index in [0.717, 1.165) is 6.07 Å². The highest BCUT2D eigenvalue weighted by atomic mass is 19.1. The molecule has 6 heteroatoms. The highest BCUT2D eigenvalue weighted by Gasteiger charge is 2.11. The quantitative estimate of drug-likeness (QED) is 0.867. The van der Waals surface area contributed by atoms with Crippen molar-refractivity contribution in [3.05, 3.63) is 53.2 Å². The molecule has 0 spiro atoms. The Morgan fingerprint density at radius 2 is 2.25 bits per heavy atom. The highest BCUT2D eigenvalue weighted by Crippen LogP contribution is 2.17. The van der Waals surface area contributed by atoms with E-state index in [2.05, 4.69) is 10.1 Å². The summed E-state index contributed by atoms with van der Waals surface area (Å²) in [5.41, 5.74) is 0.499. The molecule has 0 aliphatic rings. The second-order valence-electron chi connectivity index (χ2n) is 3.92. The second-order valence-corrected chi connectivity index (χ2v) is 3.92. The van der Waals surface area contributed by atoms with E-state index in [1.165, 1.54) is 25.3 Å². The minimum Gasteiger partial charge on any atom is -0.463 e. The van der Waals surface area contributed by atoms with Crippen LogP contribution in [-0.4, -0.2) is 13.1 Å². The number of hydrogen-bond donors (Lipinski definition) is 1. The van der Waals surface area contributed by atoms with E-state index in [9.17, 15) is 9.18 Å². The Bertz CT molecular complexity index is 673. The van der Waals surface area contributed by atoms with Gasteiger partial charge in [-0.1, -0.05) is 0 Å². The summed E-state index contributed by atoms with van der Waals surface area (Å²) in [5, 5.41) is 11.5. The van der Waals surface area contributed by atoms with Crippen molar-refractivity contribution < 1.29 is 18.3 Å². The van der Waals surface area contributed by atoms with Crippen LogP contribution in [0.1, 0.15) is 21.9 Å². The Hall–Kier alpha value is -2.81. The predicted octanol–water partition coefficient (Wildman–Crippen LogP) is 2.69. The molecule has 0 amide bonds. The molecular weight excluding hydrogens is 263 g/mol. The molecule has 0 aliphatic heterocycles. The molecule has 0 atom stereocenters. The second kappa shape index (κ2) is 5.89. The lowest BCUT2D eigenvalue weighted by molar-refractivity contribution is 0.0563. The fraction of sp³-hybridized carbons (Fsp3) is 0.143. The minimum absolute atomic E-state index is 0.0876. The molecule has 1 heterocycles. The normalized spacial score (nSPS) is 9.85. The van der Waals surface area contributed by atoms with Crippen molar-refractivity contribution in [3.63, 3.8) is 0 Å². The van der Waals surface area contributed by atoms with Gasteiger partial charge in [0, 0.05) is 0 Å². The van der Waals surface area contributed by atoms with Gasteiger partial charge in [0.15, 0.2) is 0 Å². The standard InChI is InChI=1S/C14H11FN2O3/c1-19-14(18)13-5-3-10(20-13)8-17-12-4-2-9(7-16)6-11(12)15/h2-6,17H,8H2,1H3. The van der Waals surface area contributed by atoms with Gasteiger partial charge in [-0.25, -0.2) is 9.18 Å². The predicted molar refractivity (Wildman–Crippen MR) is 68.5 cm³/mol. The van der Waals surface area contributed by atoms with Gasteiger partial charge in [-0.15, -0.1) is 0 Å². The number of carbonyl (C=O) groups excluding carboxylic acids is 1. The molecule has 1 aromatic carbocycles. The summed E-state index contributed by atoms with van der Waals surface area (Å²) in [5.74, 6) is -0.539. The average Bonchev–Trinajstić information content (AvgIpc) is 2.94. The number of methoxy groups -OCH3 is 1. The van der Waals surface area contributed by atoms with Gasteiger partial charge < -0.3 is 14.5 Å². The van der Waals surface area contributed by atoms with Gasteiger partial charge in [-0.05, 0) is 30.3 Å². The first-order valence-corrected chi connectivity index (χ1v) is 5.74. The maximum atomic E-state index is 13.6. The van der Waals surface area contributed by atoms with Crippen LogP contribution in [0.25, 0.3) is 0 Å². The number of carbonyl (C=O) groups is 1. The van der Waals surface area contributed by atoms with Crippen molar-refractivity contribution in [1.82, 2.24) is 0 Å². The van der Waals surface area contributed by atoms with Crippen molar-refractivity contribution in [1.29, 1.82) is 5.26 Å². The molecule has 0 fully saturated rings. The Labute approximate surface area is 114 Å². The molecule has 2 aromatic rings. The number of ether oxygens (including phenoxy) is 1. The van der Waals surface area contributed by atoms with Gasteiger partial charge in [-0.3, -0.25) is 0 Å². The maximum Gasteiger partial charge on any atom is 0.373 e. The van der Waals surface area contributed by atoms with Crippen molar-refractivity contribution in [2.24, 2.45) is 0 Å². The molecule has 20 heavy (non-hydrogen) atoms. The first kappa shape index (κ1) is 13.6. The van der Waals surface area contributed by atoms with E-state index in [-0.39, 0.29) is 23.6 Å². The number of furan rings is 1. The van der Waals surface area contributed by atoms with E-state index in [4.69, 9.17) is 9.68 Å². The summed E-state index contributed by atoms with van der Waals surface area (Å²) >= 11 is 0. The molecule has 0 aliphatic carbocycles. The summed E-state index contributed by atoms with van der Waals surface area (Å²) in [6.07, 6.45) is 0.